The predicted octanol–water partition coefficient (Wildman–Crippen LogP) is 3.25. The lowest BCUT2D eigenvalue weighted by atomic mass is 10.0. The van der Waals surface area contributed by atoms with Crippen molar-refractivity contribution in [3.8, 4) is 35.0 Å². The van der Waals surface area contributed by atoms with Crippen LogP contribution in [0.2, 0.25) is 0 Å². The van der Waals surface area contributed by atoms with Crippen molar-refractivity contribution in [3.63, 3.8) is 0 Å². The second-order valence-corrected chi connectivity index (χ2v) is 4.20. The number of hydrogen-bond donors (Lipinski definition) is 0. The summed E-state index contributed by atoms with van der Waals surface area (Å²) in [5.41, 5.74) is 1.89. The standard InChI is InChI=1S/C16H11FO2/c1-2-11-3-4-12(9-14(11)17)13-5-6-15-16(10-13)19-8-7-18-15/h1,3-6,9-10H,7-8H2. The van der Waals surface area contributed by atoms with E-state index in [0.29, 0.717) is 19.0 Å². The van der Waals surface area contributed by atoms with Crippen LogP contribution in [0.1, 0.15) is 5.56 Å². The summed E-state index contributed by atoms with van der Waals surface area (Å²) >= 11 is 0. The van der Waals surface area contributed by atoms with Gasteiger partial charge in [-0.1, -0.05) is 18.1 Å². The van der Waals surface area contributed by atoms with Crippen LogP contribution >= 0.6 is 0 Å². The lowest BCUT2D eigenvalue weighted by Gasteiger charge is -2.19. The topological polar surface area (TPSA) is 18.5 Å². The molecule has 0 fully saturated rings. The number of ether oxygens (including phenoxy) is 2. The molecule has 19 heavy (non-hydrogen) atoms. The Kier molecular flexibility index (Phi) is 2.85. The van der Waals surface area contributed by atoms with Crippen LogP contribution in [0.25, 0.3) is 11.1 Å². The predicted molar refractivity (Wildman–Crippen MR) is 70.8 cm³/mol. The normalized spacial score (nSPS) is 12.8. The Hall–Kier alpha value is -2.47. The number of terminal acetylenes is 1. The molecule has 94 valence electrons. The summed E-state index contributed by atoms with van der Waals surface area (Å²) in [5.74, 6) is 3.31. The summed E-state index contributed by atoms with van der Waals surface area (Å²) < 4.78 is 24.6. The second kappa shape index (κ2) is 4.66. The van der Waals surface area contributed by atoms with Gasteiger partial charge < -0.3 is 9.47 Å². The Labute approximate surface area is 110 Å². The molecule has 0 radical (unpaired) electrons. The molecule has 0 bridgehead atoms. The monoisotopic (exact) mass is 254 g/mol. The lowest BCUT2D eigenvalue weighted by molar-refractivity contribution is 0.171. The van der Waals surface area contributed by atoms with E-state index in [4.69, 9.17) is 15.9 Å². The third kappa shape index (κ3) is 2.13. The molecule has 0 atom stereocenters. The molecule has 2 nitrogen and oxygen atoms in total. The molecule has 1 aliphatic rings. The summed E-state index contributed by atoms with van der Waals surface area (Å²) in [7, 11) is 0. The molecule has 1 heterocycles. The highest BCUT2D eigenvalue weighted by Gasteiger charge is 2.13. The minimum absolute atomic E-state index is 0.265. The first-order valence-corrected chi connectivity index (χ1v) is 5.94. The largest absolute Gasteiger partial charge is 0.486 e. The minimum Gasteiger partial charge on any atom is -0.486 e. The van der Waals surface area contributed by atoms with E-state index in [1.807, 2.05) is 18.2 Å². The van der Waals surface area contributed by atoms with E-state index >= 15 is 0 Å². The molecule has 3 rings (SSSR count). The smallest absolute Gasteiger partial charge is 0.161 e. The Morgan fingerprint density at radius 2 is 1.63 bits per heavy atom. The number of rotatable bonds is 1. The van der Waals surface area contributed by atoms with Gasteiger partial charge in [-0.2, -0.15) is 0 Å². The van der Waals surface area contributed by atoms with E-state index in [-0.39, 0.29) is 5.56 Å². The van der Waals surface area contributed by atoms with Crippen molar-refractivity contribution in [2.45, 2.75) is 0 Å². The van der Waals surface area contributed by atoms with Crippen molar-refractivity contribution in [3.05, 3.63) is 47.8 Å². The molecule has 0 spiro atoms. The maximum Gasteiger partial charge on any atom is 0.161 e. The average Bonchev–Trinajstić information content (AvgIpc) is 2.46. The molecular formula is C16H11FO2. The lowest BCUT2D eigenvalue weighted by Crippen LogP contribution is -2.15. The summed E-state index contributed by atoms with van der Waals surface area (Å²) in [4.78, 5) is 0. The van der Waals surface area contributed by atoms with Crippen LogP contribution in [-0.4, -0.2) is 13.2 Å². The summed E-state index contributed by atoms with van der Waals surface area (Å²) in [6.07, 6.45) is 5.20. The molecule has 0 unspecified atom stereocenters. The van der Waals surface area contributed by atoms with Gasteiger partial charge in [-0.3, -0.25) is 0 Å². The van der Waals surface area contributed by atoms with Crippen molar-refractivity contribution in [2.75, 3.05) is 13.2 Å². The molecule has 0 aliphatic carbocycles. The second-order valence-electron chi connectivity index (χ2n) is 4.20. The highest BCUT2D eigenvalue weighted by atomic mass is 19.1. The fraction of sp³-hybridized carbons (Fsp3) is 0.125. The van der Waals surface area contributed by atoms with E-state index in [2.05, 4.69) is 5.92 Å². The minimum atomic E-state index is -0.394. The van der Waals surface area contributed by atoms with Crippen LogP contribution in [0.4, 0.5) is 4.39 Å². The first-order chi connectivity index (χ1) is 9.28. The van der Waals surface area contributed by atoms with Crippen molar-refractivity contribution < 1.29 is 13.9 Å². The number of hydrogen-bond acceptors (Lipinski definition) is 2. The van der Waals surface area contributed by atoms with Crippen LogP contribution in [0.3, 0.4) is 0 Å². The van der Waals surface area contributed by atoms with Crippen LogP contribution in [0.15, 0.2) is 36.4 Å². The van der Waals surface area contributed by atoms with Gasteiger partial charge in [-0.15, -0.1) is 6.42 Å². The van der Waals surface area contributed by atoms with Gasteiger partial charge in [0.05, 0.1) is 5.56 Å². The van der Waals surface area contributed by atoms with Crippen molar-refractivity contribution in [2.24, 2.45) is 0 Å². The van der Waals surface area contributed by atoms with Crippen molar-refractivity contribution in [1.29, 1.82) is 0 Å². The van der Waals surface area contributed by atoms with Gasteiger partial charge in [0.15, 0.2) is 11.5 Å². The Morgan fingerprint density at radius 1 is 0.947 bits per heavy atom. The zero-order valence-corrected chi connectivity index (χ0v) is 10.2. The van der Waals surface area contributed by atoms with Crippen molar-refractivity contribution >= 4 is 0 Å². The highest BCUT2D eigenvalue weighted by Crippen LogP contribution is 2.34. The molecule has 1 aliphatic heterocycles. The Bertz CT molecular complexity index is 671. The maximum absolute atomic E-state index is 13.7. The van der Waals surface area contributed by atoms with Gasteiger partial charge >= 0.3 is 0 Å². The fourth-order valence-electron chi connectivity index (χ4n) is 2.03. The molecule has 0 N–H and O–H groups in total. The molecule has 3 heteroatoms. The summed E-state index contributed by atoms with van der Waals surface area (Å²) in [5, 5.41) is 0. The molecule has 2 aromatic rings. The van der Waals surface area contributed by atoms with E-state index in [9.17, 15) is 4.39 Å². The Morgan fingerprint density at radius 3 is 2.37 bits per heavy atom. The van der Waals surface area contributed by atoms with Gasteiger partial charge in [0, 0.05) is 0 Å². The number of fused-ring (bicyclic) bond motifs is 1. The van der Waals surface area contributed by atoms with Crippen LogP contribution in [-0.2, 0) is 0 Å². The van der Waals surface area contributed by atoms with E-state index < -0.39 is 5.82 Å². The zero-order chi connectivity index (χ0) is 13.2. The average molecular weight is 254 g/mol. The quantitative estimate of drug-likeness (QED) is 0.727. The third-order valence-electron chi connectivity index (χ3n) is 3.00. The SMILES string of the molecule is C#Cc1ccc(-c2ccc3c(c2)OCCO3)cc1F. The summed E-state index contributed by atoms with van der Waals surface area (Å²) in [6.45, 7) is 1.08. The highest BCUT2D eigenvalue weighted by molar-refractivity contribution is 5.68. The van der Waals surface area contributed by atoms with Crippen LogP contribution < -0.4 is 9.47 Å². The zero-order valence-electron chi connectivity index (χ0n) is 10.2. The molecule has 0 saturated carbocycles. The molecule has 2 aromatic carbocycles. The number of halogens is 1. The third-order valence-corrected chi connectivity index (χ3v) is 3.00. The van der Waals surface area contributed by atoms with E-state index in [1.165, 1.54) is 6.07 Å². The molecule has 0 amide bonds. The summed E-state index contributed by atoms with van der Waals surface area (Å²) in [6, 6.07) is 10.4. The number of benzene rings is 2. The molecule has 0 saturated heterocycles. The van der Waals surface area contributed by atoms with Crippen molar-refractivity contribution in [1.82, 2.24) is 0 Å². The first kappa shape index (κ1) is 11.6. The van der Waals surface area contributed by atoms with Gasteiger partial charge in [0.2, 0.25) is 0 Å². The van der Waals surface area contributed by atoms with Crippen LogP contribution in [0.5, 0.6) is 11.5 Å². The first-order valence-electron chi connectivity index (χ1n) is 5.94. The Balaban J connectivity index is 2.03. The fourth-order valence-corrected chi connectivity index (χ4v) is 2.03. The van der Waals surface area contributed by atoms with Crippen LogP contribution in [0, 0.1) is 18.2 Å². The van der Waals surface area contributed by atoms with Gasteiger partial charge in [-0.05, 0) is 35.4 Å². The molecular weight excluding hydrogens is 243 g/mol. The van der Waals surface area contributed by atoms with Gasteiger partial charge in [-0.25, -0.2) is 4.39 Å². The van der Waals surface area contributed by atoms with Gasteiger partial charge in [0.25, 0.3) is 0 Å². The maximum atomic E-state index is 13.7. The van der Waals surface area contributed by atoms with E-state index in [1.54, 1.807) is 12.1 Å². The van der Waals surface area contributed by atoms with Gasteiger partial charge in [0.1, 0.15) is 19.0 Å². The van der Waals surface area contributed by atoms with E-state index in [0.717, 1.165) is 16.9 Å². The molecule has 0 aromatic heterocycles.